The van der Waals surface area contributed by atoms with Crippen molar-refractivity contribution >= 4 is 23.1 Å². The van der Waals surface area contributed by atoms with Gasteiger partial charge in [-0.2, -0.15) is 11.8 Å². The third-order valence-corrected chi connectivity index (χ3v) is 2.95. The maximum atomic E-state index is 13.4. The van der Waals surface area contributed by atoms with Gasteiger partial charge in [0.05, 0.1) is 5.69 Å². The number of thioether (sulfide) groups is 1. The van der Waals surface area contributed by atoms with Crippen LogP contribution in [0.15, 0.2) is 18.2 Å². The highest BCUT2D eigenvalue weighted by molar-refractivity contribution is 7.98. The summed E-state index contributed by atoms with van der Waals surface area (Å²) in [5.41, 5.74) is 6.46. The predicted octanol–water partition coefficient (Wildman–Crippen LogP) is 2.96. The van der Waals surface area contributed by atoms with E-state index in [0.29, 0.717) is 17.4 Å². The lowest BCUT2D eigenvalue weighted by molar-refractivity contribution is 0.626. The molecule has 1 rings (SSSR count). The van der Waals surface area contributed by atoms with Crippen LogP contribution in [0.3, 0.4) is 0 Å². The molecule has 4 heteroatoms. The number of anilines is 2. The number of nitrogens with two attached hydrogens (primary N) is 1. The predicted molar refractivity (Wildman–Crippen MR) is 66.9 cm³/mol. The fraction of sp³-hybridized carbons (Fsp3) is 0.455. The van der Waals surface area contributed by atoms with Crippen molar-refractivity contribution in [3.63, 3.8) is 0 Å². The average Bonchev–Trinajstić information content (AvgIpc) is 2.21. The first-order valence-corrected chi connectivity index (χ1v) is 6.37. The van der Waals surface area contributed by atoms with Crippen LogP contribution >= 0.6 is 11.8 Å². The van der Waals surface area contributed by atoms with Gasteiger partial charge in [0.2, 0.25) is 0 Å². The van der Waals surface area contributed by atoms with Crippen LogP contribution in [0, 0.1) is 5.82 Å². The quantitative estimate of drug-likeness (QED) is 0.761. The van der Waals surface area contributed by atoms with Crippen LogP contribution in [-0.4, -0.2) is 18.1 Å². The van der Waals surface area contributed by atoms with Crippen molar-refractivity contribution in [2.75, 3.05) is 23.1 Å². The van der Waals surface area contributed by atoms with Gasteiger partial charge in [-0.25, -0.2) is 4.39 Å². The molecule has 0 aliphatic rings. The van der Waals surface area contributed by atoms with Crippen LogP contribution in [0.4, 0.5) is 15.8 Å². The Kier molecular flexibility index (Phi) is 4.75. The molecule has 1 aromatic rings. The zero-order valence-corrected chi connectivity index (χ0v) is 9.90. The molecule has 0 heterocycles. The molecule has 0 aliphatic carbocycles. The lowest BCUT2D eigenvalue weighted by Crippen LogP contribution is -2.21. The third-order valence-electron chi connectivity index (χ3n) is 2.21. The van der Waals surface area contributed by atoms with Crippen molar-refractivity contribution < 1.29 is 4.39 Å². The van der Waals surface area contributed by atoms with E-state index in [0.717, 1.165) is 12.2 Å². The summed E-state index contributed by atoms with van der Waals surface area (Å²) in [5, 5.41) is 3.17. The molecule has 84 valence electrons. The topological polar surface area (TPSA) is 38.0 Å². The minimum Gasteiger partial charge on any atom is -0.399 e. The second-order valence-electron chi connectivity index (χ2n) is 3.44. The monoisotopic (exact) mass is 228 g/mol. The van der Waals surface area contributed by atoms with E-state index in [9.17, 15) is 4.39 Å². The summed E-state index contributed by atoms with van der Waals surface area (Å²) in [7, 11) is 0. The molecule has 1 atom stereocenters. The minimum absolute atomic E-state index is 0.283. The highest BCUT2D eigenvalue weighted by Crippen LogP contribution is 2.19. The second-order valence-corrected chi connectivity index (χ2v) is 4.35. The molecule has 3 N–H and O–H groups in total. The average molecular weight is 228 g/mol. The minimum atomic E-state index is -0.283. The summed E-state index contributed by atoms with van der Waals surface area (Å²) in [5.74, 6) is 0.690. The number of nitrogens with one attached hydrogen (secondary N) is 1. The van der Waals surface area contributed by atoms with Crippen molar-refractivity contribution in [1.29, 1.82) is 0 Å². The van der Waals surface area contributed by atoms with Crippen LogP contribution in [0.5, 0.6) is 0 Å². The van der Waals surface area contributed by atoms with E-state index in [2.05, 4.69) is 12.2 Å². The summed E-state index contributed by atoms with van der Waals surface area (Å²) in [4.78, 5) is 0. The number of hydrogen-bond acceptors (Lipinski definition) is 3. The normalized spacial score (nSPS) is 12.5. The Morgan fingerprint density at radius 1 is 1.53 bits per heavy atom. The molecular weight excluding hydrogens is 211 g/mol. The van der Waals surface area contributed by atoms with Crippen molar-refractivity contribution in [1.82, 2.24) is 0 Å². The number of nitrogen functional groups attached to an aromatic ring is 1. The Bertz CT molecular complexity index is 317. The number of benzene rings is 1. The van der Waals surface area contributed by atoms with Crippen LogP contribution in [0.2, 0.25) is 0 Å². The Morgan fingerprint density at radius 2 is 2.27 bits per heavy atom. The fourth-order valence-electron chi connectivity index (χ4n) is 1.33. The summed E-state index contributed by atoms with van der Waals surface area (Å²) in [6.45, 7) is 2.09. The van der Waals surface area contributed by atoms with Gasteiger partial charge in [-0.05, 0) is 30.9 Å². The van der Waals surface area contributed by atoms with Crippen molar-refractivity contribution in [2.45, 2.75) is 19.4 Å². The van der Waals surface area contributed by atoms with Crippen LogP contribution < -0.4 is 11.1 Å². The van der Waals surface area contributed by atoms with Crippen LogP contribution in [0.25, 0.3) is 0 Å². The lowest BCUT2D eigenvalue weighted by atomic mass is 10.2. The maximum absolute atomic E-state index is 13.4. The van der Waals surface area contributed by atoms with Gasteiger partial charge in [-0.15, -0.1) is 0 Å². The van der Waals surface area contributed by atoms with Gasteiger partial charge in [0, 0.05) is 17.5 Å². The largest absolute Gasteiger partial charge is 0.399 e. The van der Waals surface area contributed by atoms with E-state index in [1.54, 1.807) is 23.9 Å². The second kappa shape index (κ2) is 5.85. The van der Waals surface area contributed by atoms with Gasteiger partial charge in [0.15, 0.2) is 0 Å². The fourth-order valence-corrected chi connectivity index (χ4v) is 2.05. The van der Waals surface area contributed by atoms with Gasteiger partial charge in [0.25, 0.3) is 0 Å². The van der Waals surface area contributed by atoms with Gasteiger partial charge in [-0.1, -0.05) is 6.92 Å². The molecule has 2 nitrogen and oxygen atoms in total. The van der Waals surface area contributed by atoms with Crippen molar-refractivity contribution in [2.24, 2.45) is 0 Å². The van der Waals surface area contributed by atoms with Crippen LogP contribution in [-0.2, 0) is 0 Å². The smallest absolute Gasteiger partial charge is 0.148 e. The molecule has 0 radical (unpaired) electrons. The molecule has 0 aromatic heterocycles. The molecule has 0 aliphatic heterocycles. The summed E-state index contributed by atoms with van der Waals surface area (Å²) >= 11 is 1.75. The Morgan fingerprint density at radius 3 is 2.80 bits per heavy atom. The molecule has 0 saturated heterocycles. The van der Waals surface area contributed by atoms with E-state index in [1.807, 2.05) is 6.26 Å². The van der Waals surface area contributed by atoms with Crippen molar-refractivity contribution in [3.05, 3.63) is 24.0 Å². The molecule has 0 spiro atoms. The first kappa shape index (κ1) is 12.2. The van der Waals surface area contributed by atoms with E-state index in [-0.39, 0.29) is 5.82 Å². The molecular formula is C11H17FN2S. The van der Waals surface area contributed by atoms with Gasteiger partial charge in [-0.3, -0.25) is 0 Å². The molecule has 0 saturated carbocycles. The Labute approximate surface area is 94.4 Å². The standard InChI is InChI=1S/C11H17FN2S/c1-3-9(7-15-2)14-11-5-4-8(13)6-10(11)12/h4-6,9,14H,3,7,13H2,1-2H3. The molecule has 1 aromatic carbocycles. The van der Waals surface area contributed by atoms with Gasteiger partial charge in [0.1, 0.15) is 5.82 Å². The Balaban J connectivity index is 2.70. The van der Waals surface area contributed by atoms with E-state index in [4.69, 9.17) is 5.73 Å². The highest BCUT2D eigenvalue weighted by atomic mass is 32.2. The zero-order valence-electron chi connectivity index (χ0n) is 9.09. The highest BCUT2D eigenvalue weighted by Gasteiger charge is 2.08. The van der Waals surface area contributed by atoms with E-state index < -0.39 is 0 Å². The third kappa shape index (κ3) is 3.63. The van der Waals surface area contributed by atoms with Gasteiger partial charge < -0.3 is 11.1 Å². The van der Waals surface area contributed by atoms with E-state index >= 15 is 0 Å². The molecule has 15 heavy (non-hydrogen) atoms. The van der Waals surface area contributed by atoms with Crippen LogP contribution in [0.1, 0.15) is 13.3 Å². The number of rotatable bonds is 5. The van der Waals surface area contributed by atoms with Crippen molar-refractivity contribution in [3.8, 4) is 0 Å². The summed E-state index contributed by atoms with van der Waals surface area (Å²) in [6.07, 6.45) is 3.02. The Hall–Kier alpha value is -0.900. The molecule has 0 fully saturated rings. The molecule has 1 unspecified atom stereocenters. The summed E-state index contributed by atoms with van der Waals surface area (Å²) in [6, 6.07) is 5.04. The maximum Gasteiger partial charge on any atom is 0.148 e. The first-order chi connectivity index (χ1) is 7.17. The zero-order chi connectivity index (χ0) is 11.3. The van der Waals surface area contributed by atoms with E-state index in [1.165, 1.54) is 6.07 Å². The van der Waals surface area contributed by atoms with Gasteiger partial charge >= 0.3 is 0 Å². The summed E-state index contributed by atoms with van der Waals surface area (Å²) < 4.78 is 13.4. The first-order valence-electron chi connectivity index (χ1n) is 4.97. The SMILES string of the molecule is CCC(CSC)Nc1ccc(N)cc1F. The number of hydrogen-bond donors (Lipinski definition) is 2. The molecule has 0 bridgehead atoms. The number of halogens is 1. The molecule has 0 amide bonds. The lowest BCUT2D eigenvalue weighted by Gasteiger charge is -2.17.